The summed E-state index contributed by atoms with van der Waals surface area (Å²) in [5.41, 5.74) is 0.0233. The Balaban J connectivity index is 1.70. The molecule has 1 heterocycles. The number of hydrogen-bond acceptors (Lipinski definition) is 3. The molecule has 0 radical (unpaired) electrons. The van der Waals surface area contributed by atoms with Crippen molar-refractivity contribution in [2.45, 2.75) is 51.7 Å². The lowest BCUT2D eigenvalue weighted by Crippen LogP contribution is -2.59. The number of amides is 1. The first-order valence-electron chi connectivity index (χ1n) is 9.77. The Kier molecular flexibility index (Phi) is 4.54. The van der Waals surface area contributed by atoms with E-state index in [1.807, 2.05) is 0 Å². The SMILES string of the molecule is CC1(C)[C@@H]2C[C@@H]3[C@@H](c4cccc(F)c4F)OCC[C@]3(C2)[C@H]1NC(=O)CCO. The highest BCUT2D eigenvalue weighted by Crippen LogP contribution is 2.70. The number of carbonyl (C=O) groups excluding carboxylic acids is 1. The molecule has 148 valence electrons. The van der Waals surface area contributed by atoms with Crippen molar-refractivity contribution in [3.8, 4) is 0 Å². The van der Waals surface area contributed by atoms with Crippen molar-refractivity contribution in [2.24, 2.45) is 22.7 Å². The fraction of sp³-hybridized carbons (Fsp3) is 0.667. The van der Waals surface area contributed by atoms with E-state index in [9.17, 15) is 13.6 Å². The molecule has 4 rings (SSSR count). The van der Waals surface area contributed by atoms with Crippen molar-refractivity contribution in [2.75, 3.05) is 13.2 Å². The van der Waals surface area contributed by atoms with Crippen LogP contribution in [0.15, 0.2) is 18.2 Å². The number of ether oxygens (including phenoxy) is 1. The second-order valence-corrected chi connectivity index (χ2v) is 8.96. The number of halogens is 2. The topological polar surface area (TPSA) is 58.6 Å². The molecule has 1 saturated heterocycles. The van der Waals surface area contributed by atoms with Crippen LogP contribution in [0.25, 0.3) is 0 Å². The van der Waals surface area contributed by atoms with Gasteiger partial charge in [0, 0.05) is 24.6 Å². The van der Waals surface area contributed by atoms with Gasteiger partial charge in [0.1, 0.15) is 0 Å². The summed E-state index contributed by atoms with van der Waals surface area (Å²) in [4.78, 5) is 12.3. The molecule has 27 heavy (non-hydrogen) atoms. The summed E-state index contributed by atoms with van der Waals surface area (Å²) in [5.74, 6) is -1.41. The van der Waals surface area contributed by atoms with E-state index >= 15 is 0 Å². The summed E-state index contributed by atoms with van der Waals surface area (Å²) in [6.07, 6.45) is 2.24. The third-order valence-corrected chi connectivity index (χ3v) is 7.44. The minimum Gasteiger partial charge on any atom is -0.396 e. The minimum atomic E-state index is -0.855. The van der Waals surface area contributed by atoms with Crippen LogP contribution < -0.4 is 5.32 Å². The van der Waals surface area contributed by atoms with Crippen LogP contribution in [0.3, 0.4) is 0 Å². The maximum atomic E-state index is 14.5. The van der Waals surface area contributed by atoms with E-state index < -0.39 is 17.7 Å². The number of nitrogens with one attached hydrogen (secondary N) is 1. The molecule has 1 spiro atoms. The standard InChI is InChI=1S/C21H27F2NO3/c1-20(2)12-10-14-18(13-4-3-5-15(22)17(13)23)27-9-7-21(14,11-12)19(20)24-16(26)6-8-25/h3-5,12,14,18-19,25H,6-11H2,1-2H3,(H,24,26)/t12-,14-,18-,19+,21-/m1/s1. The molecular formula is C21H27F2NO3. The van der Waals surface area contributed by atoms with Crippen LogP contribution in [-0.4, -0.2) is 30.3 Å². The van der Waals surface area contributed by atoms with Crippen LogP contribution >= 0.6 is 0 Å². The van der Waals surface area contributed by atoms with Gasteiger partial charge in [-0.05, 0) is 48.0 Å². The van der Waals surface area contributed by atoms with Crippen molar-refractivity contribution >= 4 is 5.91 Å². The molecule has 2 saturated carbocycles. The molecule has 1 aliphatic heterocycles. The first-order valence-corrected chi connectivity index (χ1v) is 9.77. The van der Waals surface area contributed by atoms with Crippen molar-refractivity contribution in [1.29, 1.82) is 0 Å². The molecule has 4 nitrogen and oxygen atoms in total. The zero-order valence-electron chi connectivity index (χ0n) is 15.8. The van der Waals surface area contributed by atoms with E-state index in [0.29, 0.717) is 12.5 Å². The number of carbonyl (C=O) groups is 1. The van der Waals surface area contributed by atoms with E-state index in [1.165, 1.54) is 6.07 Å². The van der Waals surface area contributed by atoms with Gasteiger partial charge >= 0.3 is 0 Å². The molecule has 1 amide bonds. The first kappa shape index (κ1) is 18.8. The average molecular weight is 379 g/mol. The Labute approximate surface area is 158 Å². The zero-order chi connectivity index (χ0) is 19.4. The van der Waals surface area contributed by atoms with Gasteiger partial charge in [0.25, 0.3) is 0 Å². The van der Waals surface area contributed by atoms with Gasteiger partial charge in [-0.15, -0.1) is 0 Å². The van der Waals surface area contributed by atoms with Gasteiger partial charge < -0.3 is 15.2 Å². The minimum absolute atomic E-state index is 0.0417. The number of benzene rings is 1. The molecule has 3 fully saturated rings. The molecule has 2 N–H and O–H groups in total. The fourth-order valence-electron chi connectivity index (χ4n) is 6.17. The largest absolute Gasteiger partial charge is 0.396 e. The molecular weight excluding hydrogens is 352 g/mol. The van der Waals surface area contributed by atoms with Gasteiger partial charge in [-0.2, -0.15) is 0 Å². The molecule has 2 bridgehead atoms. The van der Waals surface area contributed by atoms with Crippen molar-refractivity contribution in [3.63, 3.8) is 0 Å². The molecule has 1 aromatic rings. The first-order chi connectivity index (χ1) is 12.8. The Morgan fingerprint density at radius 1 is 1.37 bits per heavy atom. The molecule has 2 aliphatic carbocycles. The van der Waals surface area contributed by atoms with Crippen LogP contribution in [0.2, 0.25) is 0 Å². The van der Waals surface area contributed by atoms with E-state index in [0.717, 1.165) is 25.3 Å². The molecule has 5 atom stereocenters. The third kappa shape index (κ3) is 2.71. The summed E-state index contributed by atoms with van der Waals surface area (Å²) in [6, 6.07) is 4.20. The highest BCUT2D eigenvalue weighted by atomic mass is 19.2. The quantitative estimate of drug-likeness (QED) is 0.844. The van der Waals surface area contributed by atoms with Gasteiger partial charge in [-0.3, -0.25) is 4.79 Å². The Bertz CT molecular complexity index is 753. The van der Waals surface area contributed by atoms with Crippen molar-refractivity contribution < 1.29 is 23.4 Å². The summed E-state index contributed by atoms with van der Waals surface area (Å²) >= 11 is 0. The molecule has 0 unspecified atom stereocenters. The van der Waals surface area contributed by atoms with Crippen LogP contribution in [0.5, 0.6) is 0 Å². The predicted molar refractivity (Wildman–Crippen MR) is 95.7 cm³/mol. The Hall–Kier alpha value is -1.53. The van der Waals surface area contributed by atoms with Gasteiger partial charge in [0.15, 0.2) is 11.6 Å². The predicted octanol–water partition coefficient (Wildman–Crippen LogP) is 3.35. The van der Waals surface area contributed by atoms with Gasteiger partial charge in [0.05, 0.1) is 12.7 Å². The fourth-order valence-corrected chi connectivity index (χ4v) is 6.17. The summed E-state index contributed by atoms with van der Waals surface area (Å²) in [5, 5.41) is 12.3. The van der Waals surface area contributed by atoms with Crippen LogP contribution in [-0.2, 0) is 9.53 Å². The van der Waals surface area contributed by atoms with Crippen LogP contribution in [0, 0.1) is 34.3 Å². The Morgan fingerprint density at radius 3 is 2.89 bits per heavy atom. The highest BCUT2D eigenvalue weighted by Gasteiger charge is 2.68. The van der Waals surface area contributed by atoms with E-state index in [-0.39, 0.29) is 47.3 Å². The van der Waals surface area contributed by atoms with E-state index in [4.69, 9.17) is 9.84 Å². The average Bonchev–Trinajstić information content (AvgIpc) is 3.11. The Morgan fingerprint density at radius 2 is 2.15 bits per heavy atom. The lowest BCUT2D eigenvalue weighted by atomic mass is 9.58. The number of fused-ring (bicyclic) bond motifs is 1. The number of aliphatic hydroxyl groups excluding tert-OH is 1. The lowest BCUT2D eigenvalue weighted by molar-refractivity contribution is -0.138. The van der Waals surface area contributed by atoms with E-state index in [1.54, 1.807) is 6.07 Å². The second-order valence-electron chi connectivity index (χ2n) is 8.96. The zero-order valence-corrected chi connectivity index (χ0v) is 15.8. The number of aliphatic hydroxyl groups is 1. The summed E-state index contributed by atoms with van der Waals surface area (Å²) < 4.78 is 34.3. The normalized spacial score (nSPS) is 36.5. The summed E-state index contributed by atoms with van der Waals surface area (Å²) in [7, 11) is 0. The molecule has 3 aliphatic rings. The van der Waals surface area contributed by atoms with Gasteiger partial charge in [-0.25, -0.2) is 8.78 Å². The number of hydrogen-bond donors (Lipinski definition) is 2. The highest BCUT2D eigenvalue weighted by molar-refractivity contribution is 5.76. The third-order valence-electron chi connectivity index (χ3n) is 7.44. The van der Waals surface area contributed by atoms with Gasteiger partial charge in [0.2, 0.25) is 5.91 Å². The van der Waals surface area contributed by atoms with Crippen LogP contribution in [0.1, 0.15) is 51.2 Å². The second kappa shape index (κ2) is 6.52. The monoisotopic (exact) mass is 379 g/mol. The lowest BCUT2D eigenvalue weighted by Gasteiger charge is -2.53. The van der Waals surface area contributed by atoms with E-state index in [2.05, 4.69) is 19.2 Å². The summed E-state index contributed by atoms with van der Waals surface area (Å²) in [6.45, 7) is 4.64. The molecule has 1 aromatic carbocycles. The van der Waals surface area contributed by atoms with Crippen LogP contribution in [0.4, 0.5) is 8.78 Å². The van der Waals surface area contributed by atoms with Crippen molar-refractivity contribution in [1.82, 2.24) is 5.32 Å². The molecule has 0 aromatic heterocycles. The number of rotatable bonds is 4. The van der Waals surface area contributed by atoms with Gasteiger partial charge in [-0.1, -0.05) is 26.0 Å². The van der Waals surface area contributed by atoms with Crippen molar-refractivity contribution in [3.05, 3.63) is 35.4 Å². The maximum Gasteiger partial charge on any atom is 0.222 e. The maximum absolute atomic E-state index is 14.5. The smallest absolute Gasteiger partial charge is 0.222 e. The molecule has 6 heteroatoms.